The van der Waals surface area contributed by atoms with Gasteiger partial charge < -0.3 is 20.3 Å². The maximum atomic E-state index is 13.3. The molecule has 0 heterocycles. The average molecular weight is 917 g/mol. The number of nitrogens with one attached hydrogen (secondary N) is 1. The average Bonchev–Trinajstić information content (AvgIpc) is 3.30. The first-order chi connectivity index (χ1) is 32.0. The Kier molecular flexibility index (Phi) is 51.9. The number of ether oxygens (including phenoxy) is 1. The molecule has 1 amide bonds. The lowest BCUT2D eigenvalue weighted by Gasteiger charge is -2.24. The SMILES string of the molecule is CCCCC/C=C/C=C/CCCCCCC(CC(=O)NC(CO)C(O)CCCCCCCCCCCCCCCCCCC)OC(=O)CCCCCCCCCCCCCCCCCC. The van der Waals surface area contributed by atoms with Crippen LogP contribution in [-0.4, -0.2) is 46.9 Å². The first kappa shape index (κ1) is 63.3. The van der Waals surface area contributed by atoms with E-state index in [-0.39, 0.29) is 24.9 Å². The lowest BCUT2D eigenvalue weighted by molar-refractivity contribution is -0.151. The zero-order chi connectivity index (χ0) is 47.4. The monoisotopic (exact) mass is 916 g/mol. The number of unbranched alkanes of at least 4 members (excludes halogenated alkanes) is 38. The number of rotatable bonds is 53. The van der Waals surface area contributed by atoms with Crippen LogP contribution in [0, 0.1) is 0 Å². The minimum Gasteiger partial charge on any atom is -0.462 e. The Morgan fingerprint density at radius 2 is 0.769 bits per heavy atom. The van der Waals surface area contributed by atoms with Crippen molar-refractivity contribution in [1.82, 2.24) is 5.32 Å². The highest BCUT2D eigenvalue weighted by atomic mass is 16.5. The summed E-state index contributed by atoms with van der Waals surface area (Å²) >= 11 is 0. The fraction of sp³-hybridized carbons (Fsp3) is 0.898. The number of hydrogen-bond donors (Lipinski definition) is 3. The molecular formula is C59H113NO5. The molecule has 0 rings (SSSR count). The van der Waals surface area contributed by atoms with Crippen molar-refractivity contribution < 1.29 is 24.5 Å². The molecule has 0 aromatic heterocycles. The van der Waals surface area contributed by atoms with Crippen molar-refractivity contribution in [2.75, 3.05) is 6.61 Å². The van der Waals surface area contributed by atoms with Gasteiger partial charge in [-0.1, -0.05) is 276 Å². The van der Waals surface area contributed by atoms with E-state index in [0.29, 0.717) is 19.3 Å². The van der Waals surface area contributed by atoms with Crippen molar-refractivity contribution in [2.45, 2.75) is 334 Å². The van der Waals surface area contributed by atoms with Crippen LogP contribution in [0.3, 0.4) is 0 Å². The van der Waals surface area contributed by atoms with E-state index in [9.17, 15) is 19.8 Å². The van der Waals surface area contributed by atoms with Crippen LogP contribution < -0.4 is 5.32 Å². The molecule has 65 heavy (non-hydrogen) atoms. The summed E-state index contributed by atoms with van der Waals surface area (Å²) < 4.78 is 5.95. The number of aliphatic hydroxyl groups is 2. The fourth-order valence-electron chi connectivity index (χ4n) is 9.13. The summed E-state index contributed by atoms with van der Waals surface area (Å²) in [5.41, 5.74) is 0. The van der Waals surface area contributed by atoms with E-state index in [4.69, 9.17) is 4.74 Å². The number of amides is 1. The van der Waals surface area contributed by atoms with Crippen molar-refractivity contribution in [3.63, 3.8) is 0 Å². The van der Waals surface area contributed by atoms with Crippen molar-refractivity contribution in [1.29, 1.82) is 0 Å². The number of carbonyl (C=O) groups is 2. The molecule has 3 unspecified atom stereocenters. The van der Waals surface area contributed by atoms with Crippen LogP contribution >= 0.6 is 0 Å². The van der Waals surface area contributed by atoms with E-state index >= 15 is 0 Å². The molecule has 0 fully saturated rings. The summed E-state index contributed by atoms with van der Waals surface area (Å²) in [6.45, 7) is 6.49. The minimum atomic E-state index is -0.790. The number of allylic oxidation sites excluding steroid dienone is 4. The Bertz CT molecular complexity index is 1030. The Morgan fingerprint density at radius 3 is 1.17 bits per heavy atom. The van der Waals surface area contributed by atoms with Crippen molar-refractivity contribution in [2.24, 2.45) is 0 Å². The highest BCUT2D eigenvalue weighted by Crippen LogP contribution is 2.19. The summed E-state index contributed by atoms with van der Waals surface area (Å²) in [5.74, 6) is -0.475. The van der Waals surface area contributed by atoms with Crippen molar-refractivity contribution >= 4 is 11.9 Å². The van der Waals surface area contributed by atoms with E-state index < -0.39 is 18.2 Å². The highest BCUT2D eigenvalue weighted by Gasteiger charge is 2.24. The van der Waals surface area contributed by atoms with E-state index in [0.717, 1.165) is 70.6 Å². The zero-order valence-electron chi connectivity index (χ0n) is 43.9. The first-order valence-corrected chi connectivity index (χ1v) is 29.1. The van der Waals surface area contributed by atoms with Crippen LogP contribution in [0.25, 0.3) is 0 Å². The van der Waals surface area contributed by atoms with E-state index in [2.05, 4.69) is 50.4 Å². The van der Waals surface area contributed by atoms with Crippen LogP contribution in [-0.2, 0) is 14.3 Å². The Balaban J connectivity index is 4.48. The zero-order valence-corrected chi connectivity index (χ0v) is 43.9. The van der Waals surface area contributed by atoms with Crippen molar-refractivity contribution in [3.8, 4) is 0 Å². The molecule has 0 aliphatic heterocycles. The van der Waals surface area contributed by atoms with Gasteiger partial charge in [-0.05, 0) is 51.4 Å². The Morgan fingerprint density at radius 1 is 0.446 bits per heavy atom. The van der Waals surface area contributed by atoms with Gasteiger partial charge in [0.2, 0.25) is 5.91 Å². The largest absolute Gasteiger partial charge is 0.462 e. The number of esters is 1. The third kappa shape index (κ3) is 48.6. The van der Waals surface area contributed by atoms with Gasteiger partial charge >= 0.3 is 5.97 Å². The summed E-state index contributed by atoms with van der Waals surface area (Å²) in [7, 11) is 0. The van der Waals surface area contributed by atoms with E-state index in [1.165, 1.54) is 199 Å². The lowest BCUT2D eigenvalue weighted by Crippen LogP contribution is -2.46. The van der Waals surface area contributed by atoms with Crippen LogP contribution in [0.5, 0.6) is 0 Å². The molecule has 6 nitrogen and oxygen atoms in total. The normalized spacial score (nSPS) is 13.2. The van der Waals surface area contributed by atoms with Gasteiger partial charge in [0, 0.05) is 6.42 Å². The molecule has 0 bridgehead atoms. The van der Waals surface area contributed by atoms with Gasteiger partial charge in [0.15, 0.2) is 0 Å². The predicted octanol–water partition coefficient (Wildman–Crippen LogP) is 17.9. The van der Waals surface area contributed by atoms with Gasteiger partial charge in [0.25, 0.3) is 0 Å². The third-order valence-corrected chi connectivity index (χ3v) is 13.6. The summed E-state index contributed by atoms with van der Waals surface area (Å²) in [6, 6.07) is -0.704. The first-order valence-electron chi connectivity index (χ1n) is 29.1. The summed E-state index contributed by atoms with van der Waals surface area (Å²) in [6.07, 6.45) is 62.4. The number of carbonyl (C=O) groups excluding carboxylic acids is 2. The quantitative estimate of drug-likeness (QED) is 0.0321. The smallest absolute Gasteiger partial charge is 0.306 e. The Labute approximate surface area is 405 Å². The molecule has 6 heteroatoms. The molecule has 0 radical (unpaired) electrons. The maximum Gasteiger partial charge on any atom is 0.306 e. The standard InChI is InChI=1S/C59H113NO5/c1-4-7-10-13-16-19-22-25-27-29-30-33-36-39-42-45-48-51-57(62)56(54-61)60-58(63)53-55(50-47-44-41-38-35-32-24-21-18-15-12-9-6-3)65-59(64)52-49-46-43-40-37-34-31-28-26-23-20-17-14-11-8-5-2/h18,21,24,32,55-57,61-62H,4-17,19-20,22-23,25-31,33-54H2,1-3H3,(H,60,63)/b21-18+,32-24+. The molecule has 0 aromatic rings. The molecule has 0 aliphatic carbocycles. The second-order valence-electron chi connectivity index (χ2n) is 20.1. The minimum absolute atomic E-state index is 0.0698. The van der Waals surface area contributed by atoms with Crippen LogP contribution in [0.2, 0.25) is 0 Å². The molecule has 0 spiro atoms. The van der Waals surface area contributed by atoms with Gasteiger partial charge in [-0.2, -0.15) is 0 Å². The highest BCUT2D eigenvalue weighted by molar-refractivity contribution is 5.77. The lowest BCUT2D eigenvalue weighted by atomic mass is 10.0. The van der Waals surface area contributed by atoms with Gasteiger partial charge in [-0.3, -0.25) is 9.59 Å². The predicted molar refractivity (Wildman–Crippen MR) is 283 cm³/mol. The molecule has 3 atom stereocenters. The molecular weight excluding hydrogens is 803 g/mol. The topological polar surface area (TPSA) is 95.9 Å². The third-order valence-electron chi connectivity index (χ3n) is 13.6. The second-order valence-corrected chi connectivity index (χ2v) is 20.1. The molecule has 0 saturated carbocycles. The molecule has 0 aromatic carbocycles. The van der Waals surface area contributed by atoms with Gasteiger partial charge in [-0.25, -0.2) is 0 Å². The summed E-state index contributed by atoms with van der Waals surface area (Å²) in [4.78, 5) is 26.2. The van der Waals surface area contributed by atoms with Gasteiger partial charge in [0.05, 0.1) is 25.2 Å². The maximum absolute atomic E-state index is 13.3. The van der Waals surface area contributed by atoms with Gasteiger partial charge in [-0.15, -0.1) is 0 Å². The molecule has 0 saturated heterocycles. The molecule has 3 N–H and O–H groups in total. The van der Waals surface area contributed by atoms with E-state index in [1.54, 1.807) is 0 Å². The van der Waals surface area contributed by atoms with E-state index in [1.807, 2.05) is 0 Å². The molecule has 0 aliphatic rings. The van der Waals surface area contributed by atoms with Crippen LogP contribution in [0.1, 0.15) is 316 Å². The number of hydrogen-bond acceptors (Lipinski definition) is 5. The molecule has 384 valence electrons. The number of aliphatic hydroxyl groups excluding tert-OH is 2. The van der Waals surface area contributed by atoms with Crippen LogP contribution in [0.4, 0.5) is 0 Å². The summed E-state index contributed by atoms with van der Waals surface area (Å²) in [5, 5.41) is 23.9. The van der Waals surface area contributed by atoms with Crippen LogP contribution in [0.15, 0.2) is 24.3 Å². The second kappa shape index (κ2) is 53.3. The fourth-order valence-corrected chi connectivity index (χ4v) is 9.13. The Hall–Kier alpha value is -1.66. The van der Waals surface area contributed by atoms with Crippen molar-refractivity contribution in [3.05, 3.63) is 24.3 Å². The van der Waals surface area contributed by atoms with Gasteiger partial charge in [0.1, 0.15) is 6.10 Å².